The number of nitrogens with two attached hydrogens (primary N) is 1. The van der Waals surface area contributed by atoms with E-state index in [4.69, 9.17) is 15.2 Å². The van der Waals surface area contributed by atoms with Gasteiger partial charge in [-0.05, 0) is 26.7 Å². The summed E-state index contributed by atoms with van der Waals surface area (Å²) in [7, 11) is 1.74. The van der Waals surface area contributed by atoms with E-state index in [1.54, 1.807) is 7.11 Å². The van der Waals surface area contributed by atoms with Gasteiger partial charge in [-0.1, -0.05) is 0 Å². The van der Waals surface area contributed by atoms with Crippen molar-refractivity contribution < 1.29 is 9.47 Å². The predicted octanol–water partition coefficient (Wildman–Crippen LogP) is 0.851. The zero-order chi connectivity index (χ0) is 12.0. The van der Waals surface area contributed by atoms with E-state index in [2.05, 4.69) is 11.8 Å². The molecule has 0 saturated heterocycles. The van der Waals surface area contributed by atoms with Crippen molar-refractivity contribution in [1.29, 1.82) is 0 Å². The summed E-state index contributed by atoms with van der Waals surface area (Å²) < 4.78 is 10.7. The lowest BCUT2D eigenvalue weighted by Gasteiger charge is -2.40. The highest BCUT2D eigenvalue weighted by Crippen LogP contribution is 2.32. The molecule has 16 heavy (non-hydrogen) atoms. The molecule has 0 heterocycles. The van der Waals surface area contributed by atoms with Crippen molar-refractivity contribution >= 4 is 0 Å². The molecule has 96 valence electrons. The van der Waals surface area contributed by atoms with E-state index in [0.29, 0.717) is 19.2 Å². The first-order valence-corrected chi connectivity index (χ1v) is 6.21. The molecule has 4 nitrogen and oxygen atoms in total. The third-order valence-corrected chi connectivity index (χ3v) is 3.27. The number of methoxy groups -OCH3 is 1. The van der Waals surface area contributed by atoms with Crippen LogP contribution in [-0.2, 0) is 9.47 Å². The minimum absolute atomic E-state index is 0.0459. The van der Waals surface area contributed by atoms with Crippen LogP contribution in [0.2, 0.25) is 0 Å². The predicted molar refractivity (Wildman–Crippen MR) is 65.6 cm³/mol. The normalized spacial score (nSPS) is 20.1. The van der Waals surface area contributed by atoms with Gasteiger partial charge in [0.1, 0.15) is 0 Å². The fourth-order valence-corrected chi connectivity index (χ4v) is 2.05. The molecule has 2 N–H and O–H groups in total. The van der Waals surface area contributed by atoms with Crippen molar-refractivity contribution in [3.8, 4) is 0 Å². The zero-order valence-corrected chi connectivity index (χ0v) is 10.9. The number of ether oxygens (including phenoxy) is 2. The Labute approximate surface area is 99.1 Å². The van der Waals surface area contributed by atoms with Gasteiger partial charge >= 0.3 is 0 Å². The number of hydrogen-bond donors (Lipinski definition) is 1. The molecule has 1 saturated carbocycles. The first-order chi connectivity index (χ1) is 7.68. The molecule has 1 unspecified atom stereocenters. The van der Waals surface area contributed by atoms with E-state index >= 15 is 0 Å². The van der Waals surface area contributed by atoms with Gasteiger partial charge in [0.15, 0.2) is 0 Å². The summed E-state index contributed by atoms with van der Waals surface area (Å²) in [5.41, 5.74) is 5.88. The quantitative estimate of drug-likeness (QED) is 0.638. The molecule has 0 aromatic heterocycles. The van der Waals surface area contributed by atoms with Gasteiger partial charge in [-0.3, -0.25) is 4.90 Å². The van der Waals surface area contributed by atoms with Gasteiger partial charge in [0.2, 0.25) is 0 Å². The topological polar surface area (TPSA) is 47.7 Å². The Bertz CT molecular complexity index is 197. The van der Waals surface area contributed by atoms with Gasteiger partial charge < -0.3 is 15.2 Å². The maximum Gasteiger partial charge on any atom is 0.0660 e. The van der Waals surface area contributed by atoms with Crippen LogP contribution < -0.4 is 5.73 Å². The molecule has 0 radical (unpaired) electrons. The van der Waals surface area contributed by atoms with Gasteiger partial charge in [-0.15, -0.1) is 0 Å². The minimum atomic E-state index is -0.0459. The third-order valence-electron chi connectivity index (χ3n) is 3.27. The molecule has 0 spiro atoms. The van der Waals surface area contributed by atoms with Crippen LogP contribution in [0.15, 0.2) is 0 Å². The van der Waals surface area contributed by atoms with Crippen LogP contribution in [0.1, 0.15) is 26.7 Å². The Morgan fingerprint density at radius 3 is 2.56 bits per heavy atom. The largest absolute Gasteiger partial charge is 0.383 e. The molecule has 0 aliphatic heterocycles. The molecule has 1 fully saturated rings. The zero-order valence-electron chi connectivity index (χ0n) is 10.9. The lowest BCUT2D eigenvalue weighted by molar-refractivity contribution is -0.00596. The van der Waals surface area contributed by atoms with E-state index < -0.39 is 0 Å². The van der Waals surface area contributed by atoms with E-state index in [1.165, 1.54) is 12.8 Å². The first kappa shape index (κ1) is 13.9. The number of rotatable bonds is 9. The van der Waals surface area contributed by atoms with Crippen molar-refractivity contribution in [2.45, 2.75) is 38.3 Å². The Balaban J connectivity index is 2.55. The fourth-order valence-electron chi connectivity index (χ4n) is 2.05. The Morgan fingerprint density at radius 2 is 2.12 bits per heavy atom. The molecule has 0 aromatic carbocycles. The summed E-state index contributed by atoms with van der Waals surface area (Å²) in [6.45, 7) is 8.01. The van der Waals surface area contributed by atoms with Crippen molar-refractivity contribution in [3.05, 3.63) is 0 Å². The van der Waals surface area contributed by atoms with Gasteiger partial charge in [0.25, 0.3) is 0 Å². The molecular formula is C12H26N2O2. The molecule has 1 rings (SSSR count). The highest BCUT2D eigenvalue weighted by Gasteiger charge is 2.40. The number of nitrogens with zero attached hydrogens (tertiary/aromatic N) is 1. The third kappa shape index (κ3) is 3.70. The Hall–Kier alpha value is -0.160. The average molecular weight is 230 g/mol. The van der Waals surface area contributed by atoms with Crippen LogP contribution in [-0.4, -0.2) is 56.5 Å². The highest BCUT2D eigenvalue weighted by atomic mass is 16.5. The van der Waals surface area contributed by atoms with Gasteiger partial charge in [-0.25, -0.2) is 0 Å². The van der Waals surface area contributed by atoms with E-state index in [0.717, 1.165) is 19.8 Å². The molecule has 0 bridgehead atoms. The average Bonchev–Trinajstić information content (AvgIpc) is 3.11. The van der Waals surface area contributed by atoms with Crippen molar-refractivity contribution in [2.24, 2.45) is 5.73 Å². The second kappa shape index (κ2) is 6.55. The standard InChI is InChI=1S/C12H26N2O2/c1-4-16-10-12(2,9-13)14(7-8-15-3)11-5-6-11/h11H,4-10,13H2,1-3H3. The molecular weight excluding hydrogens is 204 g/mol. The van der Waals surface area contributed by atoms with Crippen LogP contribution in [0, 0.1) is 0 Å². The molecule has 4 heteroatoms. The second-order valence-electron chi connectivity index (χ2n) is 4.76. The number of hydrogen-bond acceptors (Lipinski definition) is 4. The van der Waals surface area contributed by atoms with Crippen molar-refractivity contribution in [1.82, 2.24) is 4.90 Å². The molecule has 1 aliphatic carbocycles. The highest BCUT2D eigenvalue weighted by molar-refractivity contribution is 4.96. The first-order valence-electron chi connectivity index (χ1n) is 6.21. The van der Waals surface area contributed by atoms with Gasteiger partial charge in [0, 0.05) is 32.8 Å². The van der Waals surface area contributed by atoms with Crippen molar-refractivity contribution in [2.75, 3.05) is 40.0 Å². The SMILES string of the molecule is CCOCC(C)(CN)N(CCOC)C1CC1. The monoisotopic (exact) mass is 230 g/mol. The van der Waals surface area contributed by atoms with Gasteiger partial charge in [-0.2, -0.15) is 0 Å². The lowest BCUT2D eigenvalue weighted by Crippen LogP contribution is -2.56. The molecule has 1 atom stereocenters. The van der Waals surface area contributed by atoms with Crippen LogP contribution >= 0.6 is 0 Å². The molecule has 0 aromatic rings. The molecule has 0 amide bonds. The summed E-state index contributed by atoms with van der Waals surface area (Å²) in [6.07, 6.45) is 2.57. The van der Waals surface area contributed by atoms with E-state index in [-0.39, 0.29) is 5.54 Å². The van der Waals surface area contributed by atoms with Crippen LogP contribution in [0.25, 0.3) is 0 Å². The smallest absolute Gasteiger partial charge is 0.0660 e. The summed E-state index contributed by atoms with van der Waals surface area (Å²) in [5.74, 6) is 0. The summed E-state index contributed by atoms with van der Waals surface area (Å²) >= 11 is 0. The van der Waals surface area contributed by atoms with Crippen LogP contribution in [0.4, 0.5) is 0 Å². The minimum Gasteiger partial charge on any atom is -0.383 e. The van der Waals surface area contributed by atoms with Crippen LogP contribution in [0.3, 0.4) is 0 Å². The Morgan fingerprint density at radius 1 is 1.44 bits per heavy atom. The van der Waals surface area contributed by atoms with E-state index in [9.17, 15) is 0 Å². The van der Waals surface area contributed by atoms with Crippen LogP contribution in [0.5, 0.6) is 0 Å². The van der Waals surface area contributed by atoms with Crippen molar-refractivity contribution in [3.63, 3.8) is 0 Å². The lowest BCUT2D eigenvalue weighted by atomic mass is 10.0. The summed E-state index contributed by atoms with van der Waals surface area (Å²) in [5, 5.41) is 0. The second-order valence-corrected chi connectivity index (χ2v) is 4.76. The summed E-state index contributed by atoms with van der Waals surface area (Å²) in [4.78, 5) is 2.46. The fraction of sp³-hybridized carbons (Fsp3) is 1.00. The summed E-state index contributed by atoms with van der Waals surface area (Å²) in [6, 6.07) is 0.684. The maximum absolute atomic E-state index is 5.92. The Kier molecular flexibility index (Phi) is 5.69. The van der Waals surface area contributed by atoms with E-state index in [1.807, 2.05) is 6.92 Å². The maximum atomic E-state index is 5.92. The van der Waals surface area contributed by atoms with Gasteiger partial charge in [0.05, 0.1) is 18.8 Å². The molecule has 1 aliphatic rings.